The zero-order valence-corrected chi connectivity index (χ0v) is 13.1. The predicted octanol–water partition coefficient (Wildman–Crippen LogP) is 5.07. The molecule has 0 radical (unpaired) electrons. The van der Waals surface area contributed by atoms with Crippen LogP contribution in [0.25, 0.3) is 5.57 Å². The molecule has 0 aromatic heterocycles. The second-order valence-electron chi connectivity index (χ2n) is 5.63. The highest BCUT2D eigenvalue weighted by molar-refractivity contribution is 5.88. The van der Waals surface area contributed by atoms with Crippen molar-refractivity contribution in [2.24, 2.45) is 5.92 Å². The normalized spacial score (nSPS) is 15.8. The Morgan fingerprint density at radius 1 is 1.30 bits per heavy atom. The zero-order chi connectivity index (χ0) is 14.5. The molecule has 2 rings (SSSR count). The molecule has 20 heavy (non-hydrogen) atoms. The Morgan fingerprint density at radius 3 is 2.75 bits per heavy atom. The number of likely N-dealkylation sites (N-methyl/N-ethyl adjacent to an activating group) is 1. The van der Waals surface area contributed by atoms with Gasteiger partial charge in [0.05, 0.1) is 0 Å². The summed E-state index contributed by atoms with van der Waals surface area (Å²) >= 11 is 0. The molecule has 0 atom stereocenters. The molecule has 1 heterocycles. The number of benzene rings is 1. The molecule has 0 spiro atoms. The molecule has 0 amide bonds. The second kappa shape index (κ2) is 6.60. The van der Waals surface area contributed by atoms with Crippen LogP contribution >= 0.6 is 0 Å². The molecule has 1 nitrogen and oxygen atoms in total. The minimum atomic E-state index is 0.544. The maximum absolute atomic E-state index is 2.37. The molecule has 0 N–H and O–H groups in total. The zero-order valence-electron chi connectivity index (χ0n) is 13.1. The SMILES string of the molecule is C/C=C/C/C=C(/C1=CCN(C)c2ccccc21)C(C)C. The summed E-state index contributed by atoms with van der Waals surface area (Å²) < 4.78 is 0. The smallest absolute Gasteiger partial charge is 0.0446 e. The van der Waals surface area contributed by atoms with E-state index in [0.717, 1.165) is 13.0 Å². The number of hydrogen-bond donors (Lipinski definition) is 0. The Bertz CT molecular complexity index is 547. The molecule has 1 aromatic rings. The highest BCUT2D eigenvalue weighted by atomic mass is 15.1. The average Bonchev–Trinajstić information content (AvgIpc) is 2.45. The van der Waals surface area contributed by atoms with Crippen LogP contribution in [0.1, 0.15) is 32.8 Å². The van der Waals surface area contributed by atoms with Crippen molar-refractivity contribution in [2.75, 3.05) is 18.5 Å². The van der Waals surface area contributed by atoms with Crippen LogP contribution in [0.3, 0.4) is 0 Å². The summed E-state index contributed by atoms with van der Waals surface area (Å²) in [6.45, 7) is 7.62. The standard InChI is InChI=1S/C19H25N/c1-5-6-7-10-16(15(2)3)17-13-14-20(4)19-12-9-8-11-18(17)19/h5-6,8-13,15H,7,14H2,1-4H3/b6-5+,16-10+. The summed E-state index contributed by atoms with van der Waals surface area (Å²) in [5.74, 6) is 0.544. The van der Waals surface area contributed by atoms with E-state index in [1.807, 2.05) is 0 Å². The molecule has 0 saturated heterocycles. The third-order valence-electron chi connectivity index (χ3n) is 3.82. The first-order valence-electron chi connectivity index (χ1n) is 7.47. The van der Waals surface area contributed by atoms with E-state index >= 15 is 0 Å². The van der Waals surface area contributed by atoms with Gasteiger partial charge in [-0.3, -0.25) is 0 Å². The van der Waals surface area contributed by atoms with Crippen LogP contribution in [0.15, 0.2) is 54.1 Å². The van der Waals surface area contributed by atoms with Gasteiger partial charge in [-0.15, -0.1) is 0 Å². The monoisotopic (exact) mass is 267 g/mol. The number of fused-ring (bicyclic) bond motifs is 1. The fourth-order valence-electron chi connectivity index (χ4n) is 2.73. The summed E-state index contributed by atoms with van der Waals surface area (Å²) in [6, 6.07) is 8.71. The Hall–Kier alpha value is -1.76. The van der Waals surface area contributed by atoms with E-state index in [0.29, 0.717) is 5.92 Å². The topological polar surface area (TPSA) is 3.24 Å². The fourth-order valence-corrected chi connectivity index (χ4v) is 2.73. The highest BCUT2D eigenvalue weighted by Crippen LogP contribution is 2.37. The maximum atomic E-state index is 2.37. The first-order valence-corrected chi connectivity index (χ1v) is 7.47. The quantitative estimate of drug-likeness (QED) is 0.688. The number of allylic oxidation sites excluding steroid dienone is 5. The average molecular weight is 267 g/mol. The van der Waals surface area contributed by atoms with Crippen LogP contribution in [0, 0.1) is 5.92 Å². The van der Waals surface area contributed by atoms with E-state index in [1.165, 1.54) is 22.4 Å². The van der Waals surface area contributed by atoms with Crippen molar-refractivity contribution < 1.29 is 0 Å². The minimum Gasteiger partial charge on any atom is -0.370 e. The number of anilines is 1. The van der Waals surface area contributed by atoms with Gasteiger partial charge in [0, 0.05) is 24.8 Å². The van der Waals surface area contributed by atoms with Gasteiger partial charge in [0.15, 0.2) is 0 Å². The van der Waals surface area contributed by atoms with Gasteiger partial charge in [0.25, 0.3) is 0 Å². The van der Waals surface area contributed by atoms with E-state index in [1.54, 1.807) is 0 Å². The van der Waals surface area contributed by atoms with E-state index in [4.69, 9.17) is 0 Å². The Labute approximate surface area is 123 Å². The third kappa shape index (κ3) is 3.04. The van der Waals surface area contributed by atoms with E-state index < -0.39 is 0 Å². The second-order valence-corrected chi connectivity index (χ2v) is 5.63. The lowest BCUT2D eigenvalue weighted by Crippen LogP contribution is -2.22. The molecular weight excluding hydrogens is 242 g/mol. The number of rotatable bonds is 4. The van der Waals surface area contributed by atoms with Gasteiger partial charge in [0.1, 0.15) is 0 Å². The van der Waals surface area contributed by atoms with Crippen molar-refractivity contribution in [3.05, 3.63) is 59.7 Å². The van der Waals surface area contributed by atoms with Crippen molar-refractivity contribution in [2.45, 2.75) is 27.2 Å². The molecule has 0 aliphatic carbocycles. The summed E-state index contributed by atoms with van der Waals surface area (Å²) in [5.41, 5.74) is 5.58. The van der Waals surface area contributed by atoms with E-state index in [2.05, 4.69) is 81.3 Å². The van der Waals surface area contributed by atoms with Gasteiger partial charge in [-0.25, -0.2) is 0 Å². The van der Waals surface area contributed by atoms with Gasteiger partial charge in [-0.05, 0) is 36.5 Å². The number of nitrogens with zero attached hydrogens (tertiary/aromatic N) is 1. The molecule has 106 valence electrons. The van der Waals surface area contributed by atoms with Crippen molar-refractivity contribution in [1.29, 1.82) is 0 Å². The molecular formula is C19H25N. The van der Waals surface area contributed by atoms with Crippen LogP contribution in [-0.2, 0) is 0 Å². The fraction of sp³-hybridized carbons (Fsp3) is 0.368. The molecule has 1 heteroatoms. The van der Waals surface area contributed by atoms with Gasteiger partial charge in [0.2, 0.25) is 0 Å². The molecule has 1 aliphatic rings. The summed E-state index contributed by atoms with van der Waals surface area (Å²) in [4.78, 5) is 2.31. The Kier molecular flexibility index (Phi) is 4.84. The Balaban J connectivity index is 2.42. The van der Waals surface area contributed by atoms with E-state index in [9.17, 15) is 0 Å². The molecule has 0 saturated carbocycles. The van der Waals surface area contributed by atoms with Crippen molar-refractivity contribution in [3.8, 4) is 0 Å². The van der Waals surface area contributed by atoms with Crippen LogP contribution in [0.2, 0.25) is 0 Å². The summed E-state index contributed by atoms with van der Waals surface area (Å²) in [7, 11) is 2.16. The molecule has 0 unspecified atom stereocenters. The molecule has 1 aromatic carbocycles. The van der Waals surface area contributed by atoms with Gasteiger partial charge in [-0.2, -0.15) is 0 Å². The van der Waals surface area contributed by atoms with Gasteiger partial charge >= 0.3 is 0 Å². The minimum absolute atomic E-state index is 0.544. The first kappa shape index (κ1) is 14.6. The van der Waals surface area contributed by atoms with Crippen molar-refractivity contribution in [3.63, 3.8) is 0 Å². The van der Waals surface area contributed by atoms with Crippen molar-refractivity contribution >= 4 is 11.3 Å². The van der Waals surface area contributed by atoms with Crippen LogP contribution < -0.4 is 4.90 Å². The number of hydrogen-bond acceptors (Lipinski definition) is 1. The van der Waals surface area contributed by atoms with Gasteiger partial charge in [-0.1, -0.05) is 56.4 Å². The van der Waals surface area contributed by atoms with E-state index in [-0.39, 0.29) is 0 Å². The summed E-state index contributed by atoms with van der Waals surface area (Å²) in [6.07, 6.45) is 10.1. The molecule has 1 aliphatic heterocycles. The lowest BCUT2D eigenvalue weighted by molar-refractivity contribution is 0.790. The Morgan fingerprint density at radius 2 is 2.05 bits per heavy atom. The molecule has 0 bridgehead atoms. The highest BCUT2D eigenvalue weighted by Gasteiger charge is 2.19. The maximum Gasteiger partial charge on any atom is 0.0446 e. The number of para-hydroxylation sites is 1. The van der Waals surface area contributed by atoms with Crippen LogP contribution in [0.5, 0.6) is 0 Å². The lowest BCUT2D eigenvalue weighted by atomic mass is 9.86. The lowest BCUT2D eigenvalue weighted by Gasteiger charge is -2.29. The van der Waals surface area contributed by atoms with Crippen LogP contribution in [0.4, 0.5) is 5.69 Å². The van der Waals surface area contributed by atoms with Crippen LogP contribution in [-0.4, -0.2) is 13.6 Å². The summed E-state index contributed by atoms with van der Waals surface area (Å²) in [5, 5.41) is 0. The van der Waals surface area contributed by atoms with Crippen molar-refractivity contribution in [1.82, 2.24) is 0 Å². The molecule has 0 fully saturated rings. The largest absolute Gasteiger partial charge is 0.370 e. The van der Waals surface area contributed by atoms with Gasteiger partial charge < -0.3 is 4.90 Å². The predicted molar refractivity (Wildman–Crippen MR) is 90.0 cm³/mol. The third-order valence-corrected chi connectivity index (χ3v) is 3.82. The first-order chi connectivity index (χ1) is 9.65.